The quantitative estimate of drug-likeness (QED) is 0.626. The molecule has 7 nitrogen and oxygen atoms in total. The summed E-state index contributed by atoms with van der Waals surface area (Å²) in [6.07, 6.45) is 2.64. The molecule has 0 aromatic heterocycles. The molecule has 0 saturated carbocycles. The normalized spacial score (nSPS) is 16.1. The van der Waals surface area contributed by atoms with Crippen molar-refractivity contribution in [3.63, 3.8) is 0 Å². The lowest BCUT2D eigenvalue weighted by molar-refractivity contribution is -0.137. The van der Waals surface area contributed by atoms with E-state index in [0.717, 1.165) is 19.3 Å². The van der Waals surface area contributed by atoms with E-state index in [1.54, 1.807) is 24.3 Å². The molecule has 3 N–H and O–H groups in total. The summed E-state index contributed by atoms with van der Waals surface area (Å²) in [7, 11) is 1.52. The Hall–Kier alpha value is -2.12. The second-order valence-corrected chi connectivity index (χ2v) is 7.43. The molecular formula is C21H33N3O4. The Balaban J connectivity index is 1.96. The van der Waals surface area contributed by atoms with E-state index in [1.165, 1.54) is 7.11 Å². The summed E-state index contributed by atoms with van der Waals surface area (Å²) in [4.78, 5) is 27.6. The predicted molar refractivity (Wildman–Crippen MR) is 108 cm³/mol. The van der Waals surface area contributed by atoms with Gasteiger partial charge in [0.1, 0.15) is 11.8 Å². The van der Waals surface area contributed by atoms with Gasteiger partial charge in [-0.2, -0.15) is 0 Å². The number of amides is 2. The number of nitrogens with zero attached hydrogens (tertiary/aromatic N) is 1. The summed E-state index contributed by atoms with van der Waals surface area (Å²) in [5, 5.41) is 2.90. The van der Waals surface area contributed by atoms with Gasteiger partial charge in [0, 0.05) is 19.7 Å². The second-order valence-electron chi connectivity index (χ2n) is 7.43. The number of carbonyl (C=O) groups is 2. The maximum absolute atomic E-state index is 13.1. The van der Waals surface area contributed by atoms with Gasteiger partial charge in [0.2, 0.25) is 5.91 Å². The number of hydrogen-bond acceptors (Lipinski definition) is 5. The molecule has 0 aliphatic carbocycles. The van der Waals surface area contributed by atoms with Crippen LogP contribution < -0.4 is 15.8 Å². The zero-order chi connectivity index (χ0) is 20.5. The van der Waals surface area contributed by atoms with Crippen LogP contribution in [0.15, 0.2) is 24.3 Å². The largest absolute Gasteiger partial charge is 0.496 e. The topological polar surface area (TPSA) is 93.9 Å². The number of nitrogens with one attached hydrogen (secondary N) is 1. The molecule has 7 heteroatoms. The van der Waals surface area contributed by atoms with Crippen LogP contribution >= 0.6 is 0 Å². The highest BCUT2D eigenvalue weighted by atomic mass is 16.5. The third-order valence-electron chi connectivity index (χ3n) is 5.03. The Morgan fingerprint density at radius 1 is 1.25 bits per heavy atom. The Bertz CT molecular complexity index is 642. The number of methoxy groups -OCH3 is 1. The van der Waals surface area contributed by atoms with Gasteiger partial charge >= 0.3 is 0 Å². The minimum absolute atomic E-state index is 0.0234. The average Bonchev–Trinajstić information content (AvgIpc) is 2.71. The number of ether oxygens (including phenoxy) is 2. The number of rotatable bonds is 9. The summed E-state index contributed by atoms with van der Waals surface area (Å²) in [6, 6.07) is 6.43. The van der Waals surface area contributed by atoms with Crippen LogP contribution in [-0.4, -0.2) is 62.2 Å². The van der Waals surface area contributed by atoms with Crippen molar-refractivity contribution in [2.75, 3.05) is 33.4 Å². The molecule has 28 heavy (non-hydrogen) atoms. The number of para-hydroxylation sites is 1. The fourth-order valence-corrected chi connectivity index (χ4v) is 3.34. The van der Waals surface area contributed by atoms with Crippen molar-refractivity contribution >= 4 is 11.8 Å². The smallest absolute Gasteiger partial charge is 0.255 e. The third-order valence-corrected chi connectivity index (χ3v) is 5.03. The summed E-state index contributed by atoms with van der Waals surface area (Å²) in [5.74, 6) is 0.123. The fraction of sp³-hybridized carbons (Fsp3) is 0.619. The molecule has 1 aromatic rings. The van der Waals surface area contributed by atoms with Gasteiger partial charge in [-0.1, -0.05) is 26.0 Å². The summed E-state index contributed by atoms with van der Waals surface area (Å²) in [6.45, 7) is 6.44. The molecule has 0 spiro atoms. The molecule has 1 saturated heterocycles. The molecule has 2 amide bonds. The summed E-state index contributed by atoms with van der Waals surface area (Å²) in [5.41, 5.74) is 5.92. The van der Waals surface area contributed by atoms with Crippen LogP contribution in [0.3, 0.4) is 0 Å². The molecule has 1 aliphatic heterocycles. The van der Waals surface area contributed by atoms with Crippen LogP contribution in [-0.2, 0) is 9.53 Å². The minimum Gasteiger partial charge on any atom is -0.496 e. The van der Waals surface area contributed by atoms with E-state index in [-0.39, 0.29) is 23.8 Å². The predicted octanol–water partition coefficient (Wildman–Crippen LogP) is 1.81. The maximum atomic E-state index is 13.1. The van der Waals surface area contributed by atoms with Gasteiger partial charge in [-0.3, -0.25) is 9.59 Å². The van der Waals surface area contributed by atoms with E-state index in [4.69, 9.17) is 15.2 Å². The Kier molecular flexibility index (Phi) is 8.73. The van der Waals surface area contributed by atoms with Crippen molar-refractivity contribution in [3.8, 4) is 5.75 Å². The van der Waals surface area contributed by atoms with Crippen LogP contribution in [0.5, 0.6) is 5.75 Å². The van der Waals surface area contributed by atoms with E-state index in [1.807, 2.05) is 18.7 Å². The zero-order valence-electron chi connectivity index (χ0n) is 17.1. The molecule has 1 heterocycles. The second kappa shape index (κ2) is 11.0. The fourth-order valence-electron chi connectivity index (χ4n) is 3.34. The highest BCUT2D eigenvalue weighted by molar-refractivity contribution is 5.99. The average molecular weight is 392 g/mol. The molecule has 1 unspecified atom stereocenters. The Labute approximate surface area is 167 Å². The number of carbonyl (C=O) groups excluding carboxylic acids is 2. The monoisotopic (exact) mass is 391 g/mol. The molecule has 1 atom stereocenters. The SMILES string of the molecule is COc1ccccc1C(=O)NC(C(=O)N1CCC(OCCCN)CC1)C(C)C. The lowest BCUT2D eigenvalue weighted by Gasteiger charge is -2.35. The first-order chi connectivity index (χ1) is 13.5. The van der Waals surface area contributed by atoms with E-state index < -0.39 is 6.04 Å². The van der Waals surface area contributed by atoms with Crippen LogP contribution in [0.2, 0.25) is 0 Å². The van der Waals surface area contributed by atoms with E-state index in [0.29, 0.717) is 37.6 Å². The maximum Gasteiger partial charge on any atom is 0.255 e. The number of likely N-dealkylation sites (tertiary alicyclic amines) is 1. The Morgan fingerprint density at radius 2 is 1.93 bits per heavy atom. The van der Waals surface area contributed by atoms with Gasteiger partial charge in [-0.15, -0.1) is 0 Å². The third kappa shape index (κ3) is 5.94. The molecule has 0 bridgehead atoms. The number of benzene rings is 1. The van der Waals surface area contributed by atoms with E-state index in [9.17, 15) is 9.59 Å². The first-order valence-corrected chi connectivity index (χ1v) is 10.0. The van der Waals surface area contributed by atoms with E-state index in [2.05, 4.69) is 5.32 Å². The van der Waals surface area contributed by atoms with Crippen molar-refractivity contribution < 1.29 is 19.1 Å². The van der Waals surface area contributed by atoms with Gasteiger partial charge in [0.25, 0.3) is 5.91 Å². The standard InChI is InChI=1S/C21H33N3O4/c1-15(2)19(23-20(25)17-7-4-5-8-18(17)27-3)21(26)24-12-9-16(10-13-24)28-14-6-11-22/h4-5,7-8,15-16,19H,6,9-14,22H2,1-3H3,(H,23,25). The summed E-state index contributed by atoms with van der Waals surface area (Å²) >= 11 is 0. The van der Waals surface area contributed by atoms with Crippen molar-refractivity contribution in [3.05, 3.63) is 29.8 Å². The molecule has 2 rings (SSSR count). The van der Waals surface area contributed by atoms with Crippen molar-refractivity contribution in [2.24, 2.45) is 11.7 Å². The van der Waals surface area contributed by atoms with Crippen LogP contribution in [0.25, 0.3) is 0 Å². The van der Waals surface area contributed by atoms with Crippen LogP contribution in [0.4, 0.5) is 0 Å². The molecule has 1 fully saturated rings. The van der Waals surface area contributed by atoms with Crippen molar-refractivity contribution in [1.29, 1.82) is 0 Å². The molecular weight excluding hydrogens is 358 g/mol. The van der Waals surface area contributed by atoms with Gasteiger partial charge < -0.3 is 25.4 Å². The minimum atomic E-state index is -0.577. The number of piperidine rings is 1. The highest BCUT2D eigenvalue weighted by Crippen LogP contribution is 2.20. The summed E-state index contributed by atoms with van der Waals surface area (Å²) < 4.78 is 11.1. The lowest BCUT2D eigenvalue weighted by atomic mass is 9.99. The van der Waals surface area contributed by atoms with Gasteiger partial charge in [0.05, 0.1) is 18.8 Å². The van der Waals surface area contributed by atoms with Crippen LogP contribution in [0, 0.1) is 5.92 Å². The first kappa shape index (κ1) is 22.2. The molecule has 156 valence electrons. The Morgan fingerprint density at radius 3 is 2.54 bits per heavy atom. The highest BCUT2D eigenvalue weighted by Gasteiger charge is 2.32. The van der Waals surface area contributed by atoms with E-state index >= 15 is 0 Å². The van der Waals surface area contributed by atoms with Gasteiger partial charge in [-0.25, -0.2) is 0 Å². The lowest BCUT2D eigenvalue weighted by Crippen LogP contribution is -2.53. The molecule has 0 radical (unpaired) electrons. The van der Waals surface area contributed by atoms with Crippen molar-refractivity contribution in [1.82, 2.24) is 10.2 Å². The molecule has 1 aliphatic rings. The first-order valence-electron chi connectivity index (χ1n) is 10.0. The number of nitrogens with two attached hydrogens (primary N) is 1. The van der Waals surface area contributed by atoms with Gasteiger partial charge in [-0.05, 0) is 43.9 Å². The van der Waals surface area contributed by atoms with Gasteiger partial charge in [0.15, 0.2) is 0 Å². The molecule has 1 aromatic carbocycles. The zero-order valence-corrected chi connectivity index (χ0v) is 17.1. The number of hydrogen-bond donors (Lipinski definition) is 2. The van der Waals surface area contributed by atoms with Crippen molar-refractivity contribution in [2.45, 2.75) is 45.3 Å². The van der Waals surface area contributed by atoms with Crippen LogP contribution in [0.1, 0.15) is 43.5 Å².